The largest absolute Gasteiger partial charge is 0.383 e. The summed E-state index contributed by atoms with van der Waals surface area (Å²) in [6, 6.07) is 5.85. The number of aromatic nitrogens is 2. The molecule has 0 aliphatic carbocycles. The van der Waals surface area contributed by atoms with E-state index < -0.39 is 0 Å². The molecule has 0 bridgehead atoms. The van der Waals surface area contributed by atoms with Gasteiger partial charge >= 0.3 is 0 Å². The lowest BCUT2D eigenvalue weighted by atomic mass is 9.92. The molecule has 2 aromatic rings. The van der Waals surface area contributed by atoms with Crippen molar-refractivity contribution in [3.63, 3.8) is 0 Å². The number of hydrogen-bond donors (Lipinski definition) is 1. The molecule has 0 saturated carbocycles. The number of aryl methyl sites for hydroxylation is 1. The van der Waals surface area contributed by atoms with Gasteiger partial charge in [-0.15, -0.1) is 0 Å². The molecule has 2 aromatic heterocycles. The van der Waals surface area contributed by atoms with E-state index in [1.165, 1.54) is 4.57 Å². The summed E-state index contributed by atoms with van der Waals surface area (Å²) in [5, 5.41) is 3.29. The number of pyridine rings is 2. The molecule has 1 N–H and O–H groups in total. The van der Waals surface area contributed by atoms with Crippen LogP contribution in [0.5, 0.6) is 0 Å². The Morgan fingerprint density at radius 2 is 2.21 bits per heavy atom. The zero-order valence-electron chi connectivity index (χ0n) is 14.6. The van der Waals surface area contributed by atoms with Crippen molar-refractivity contribution in [3.05, 3.63) is 57.8 Å². The molecule has 0 saturated heterocycles. The van der Waals surface area contributed by atoms with Gasteiger partial charge in [-0.25, -0.2) is 0 Å². The van der Waals surface area contributed by atoms with Crippen LogP contribution in [0.1, 0.15) is 29.7 Å². The minimum absolute atomic E-state index is 0.00462. The van der Waals surface area contributed by atoms with Crippen LogP contribution in [-0.4, -0.2) is 37.7 Å². The van der Waals surface area contributed by atoms with Gasteiger partial charge in [-0.05, 0) is 24.2 Å². The van der Waals surface area contributed by atoms with Crippen LogP contribution < -0.4 is 16.3 Å². The Balaban J connectivity index is 2.00. The fourth-order valence-electron chi connectivity index (χ4n) is 2.63. The van der Waals surface area contributed by atoms with E-state index in [1.807, 2.05) is 12.3 Å². The molecule has 24 heavy (non-hydrogen) atoms. The van der Waals surface area contributed by atoms with E-state index in [2.05, 4.69) is 23.3 Å². The van der Waals surface area contributed by atoms with Crippen LogP contribution in [0.15, 0.2) is 35.4 Å². The summed E-state index contributed by atoms with van der Waals surface area (Å²) in [6.07, 6.45) is 4.14. The van der Waals surface area contributed by atoms with Gasteiger partial charge in [0.1, 0.15) is 7.85 Å². The van der Waals surface area contributed by atoms with Crippen molar-refractivity contribution in [2.45, 2.75) is 25.8 Å². The van der Waals surface area contributed by atoms with E-state index in [9.17, 15) is 4.79 Å². The van der Waals surface area contributed by atoms with Gasteiger partial charge in [-0.2, -0.15) is 0 Å². The summed E-state index contributed by atoms with van der Waals surface area (Å²) in [6.45, 7) is 4.34. The summed E-state index contributed by atoms with van der Waals surface area (Å²) in [5.74, 6) is 0.148. The first-order valence-corrected chi connectivity index (χ1v) is 8.10. The summed E-state index contributed by atoms with van der Waals surface area (Å²) >= 11 is 0. The first-order valence-electron chi connectivity index (χ1n) is 8.10. The van der Waals surface area contributed by atoms with Crippen LogP contribution in [0.2, 0.25) is 0 Å². The molecular formula is C18H24BN3O2. The molecule has 5 nitrogen and oxygen atoms in total. The Morgan fingerprint density at radius 3 is 2.88 bits per heavy atom. The standard InChI is InChI=1S/C18H24BN3O2/c1-13(8-15-9-16(19)12-22(2)18(15)23)17-5-4-14(11-21-17)10-20-6-7-24-3/h4-5,9,11-13,20H,6-8,10H2,1-3H3. The highest BCUT2D eigenvalue weighted by atomic mass is 16.5. The lowest BCUT2D eigenvalue weighted by Crippen LogP contribution is -2.26. The molecule has 0 aliphatic rings. The summed E-state index contributed by atoms with van der Waals surface area (Å²) < 4.78 is 6.53. The molecule has 0 aliphatic heterocycles. The Kier molecular flexibility index (Phi) is 6.76. The Hall–Kier alpha value is -1.92. The summed E-state index contributed by atoms with van der Waals surface area (Å²) in [7, 11) is 9.25. The van der Waals surface area contributed by atoms with Gasteiger partial charge in [0.25, 0.3) is 5.56 Å². The molecule has 2 heterocycles. The van der Waals surface area contributed by atoms with Gasteiger partial charge in [0.05, 0.1) is 6.61 Å². The van der Waals surface area contributed by atoms with E-state index in [0.29, 0.717) is 18.5 Å². The van der Waals surface area contributed by atoms with Crippen molar-refractivity contribution in [1.29, 1.82) is 0 Å². The number of nitrogens with one attached hydrogen (secondary N) is 1. The lowest BCUT2D eigenvalue weighted by Gasteiger charge is -2.13. The maximum atomic E-state index is 12.2. The highest BCUT2D eigenvalue weighted by Gasteiger charge is 2.12. The van der Waals surface area contributed by atoms with Gasteiger partial charge in [0.2, 0.25) is 0 Å². The van der Waals surface area contributed by atoms with Crippen LogP contribution in [0.4, 0.5) is 0 Å². The average molecular weight is 325 g/mol. The van der Waals surface area contributed by atoms with Crippen LogP contribution >= 0.6 is 0 Å². The van der Waals surface area contributed by atoms with Crippen LogP contribution in [0, 0.1) is 0 Å². The highest BCUT2D eigenvalue weighted by Crippen LogP contribution is 2.17. The summed E-state index contributed by atoms with van der Waals surface area (Å²) in [5.41, 5.74) is 3.42. The average Bonchev–Trinajstić information content (AvgIpc) is 2.56. The zero-order valence-corrected chi connectivity index (χ0v) is 14.6. The predicted molar refractivity (Wildman–Crippen MR) is 97.0 cm³/mol. The number of methoxy groups -OCH3 is 1. The number of nitrogens with zero attached hydrogens (tertiary/aromatic N) is 2. The molecule has 0 amide bonds. The lowest BCUT2D eigenvalue weighted by molar-refractivity contribution is 0.199. The van der Waals surface area contributed by atoms with Gasteiger partial charge < -0.3 is 14.6 Å². The zero-order chi connectivity index (χ0) is 17.5. The minimum atomic E-state index is -0.00462. The number of hydrogen-bond acceptors (Lipinski definition) is 4. The van der Waals surface area contributed by atoms with E-state index in [0.717, 1.165) is 29.9 Å². The molecule has 1 unspecified atom stereocenters. The van der Waals surface area contributed by atoms with Crippen molar-refractivity contribution in [2.75, 3.05) is 20.3 Å². The van der Waals surface area contributed by atoms with Crippen molar-refractivity contribution < 1.29 is 4.74 Å². The SMILES string of the molecule is [B]c1cc(CC(C)c2ccc(CNCCOC)cn2)c(=O)n(C)c1. The predicted octanol–water partition coefficient (Wildman–Crippen LogP) is 0.656. The highest BCUT2D eigenvalue weighted by molar-refractivity contribution is 6.32. The van der Waals surface area contributed by atoms with E-state index in [4.69, 9.17) is 12.6 Å². The summed E-state index contributed by atoms with van der Waals surface area (Å²) in [4.78, 5) is 16.7. The normalized spacial score (nSPS) is 12.3. The van der Waals surface area contributed by atoms with Crippen molar-refractivity contribution in [1.82, 2.24) is 14.9 Å². The van der Waals surface area contributed by atoms with Crippen molar-refractivity contribution >= 4 is 13.3 Å². The molecule has 0 fully saturated rings. The van der Waals surface area contributed by atoms with Gasteiger partial charge in [-0.1, -0.05) is 24.5 Å². The van der Waals surface area contributed by atoms with Gasteiger partial charge in [0, 0.05) is 50.6 Å². The smallest absolute Gasteiger partial charge is 0.253 e. The van der Waals surface area contributed by atoms with E-state index >= 15 is 0 Å². The number of rotatable bonds is 8. The monoisotopic (exact) mass is 325 g/mol. The van der Waals surface area contributed by atoms with Crippen LogP contribution in [-0.2, 0) is 24.8 Å². The maximum Gasteiger partial charge on any atom is 0.253 e. The van der Waals surface area contributed by atoms with Crippen molar-refractivity contribution in [2.24, 2.45) is 7.05 Å². The Morgan fingerprint density at radius 1 is 1.42 bits per heavy atom. The fraction of sp³-hybridized carbons (Fsp3) is 0.444. The molecular weight excluding hydrogens is 301 g/mol. The first-order chi connectivity index (χ1) is 11.5. The molecule has 1 atom stereocenters. The third-order valence-electron chi connectivity index (χ3n) is 3.97. The molecule has 126 valence electrons. The third-order valence-corrected chi connectivity index (χ3v) is 3.97. The fourth-order valence-corrected chi connectivity index (χ4v) is 2.63. The van der Waals surface area contributed by atoms with Crippen molar-refractivity contribution in [3.8, 4) is 0 Å². The third kappa shape index (κ3) is 5.04. The van der Waals surface area contributed by atoms with Crippen LogP contribution in [0.3, 0.4) is 0 Å². The second kappa shape index (κ2) is 8.80. The van der Waals surface area contributed by atoms with Gasteiger partial charge in [-0.3, -0.25) is 9.78 Å². The van der Waals surface area contributed by atoms with Crippen LogP contribution in [0.25, 0.3) is 0 Å². The quantitative estimate of drug-likeness (QED) is 0.572. The topological polar surface area (TPSA) is 56.1 Å². The first kappa shape index (κ1) is 18.4. The molecule has 6 heteroatoms. The second-order valence-corrected chi connectivity index (χ2v) is 6.08. The molecule has 2 radical (unpaired) electrons. The Labute approximate surface area is 144 Å². The Bertz CT molecular complexity index is 713. The van der Waals surface area contributed by atoms with E-state index in [1.54, 1.807) is 26.4 Å². The van der Waals surface area contributed by atoms with Gasteiger partial charge in [0.15, 0.2) is 0 Å². The second-order valence-electron chi connectivity index (χ2n) is 6.08. The maximum absolute atomic E-state index is 12.2. The van der Waals surface area contributed by atoms with E-state index in [-0.39, 0.29) is 11.5 Å². The molecule has 0 spiro atoms. The minimum Gasteiger partial charge on any atom is -0.383 e. The number of ether oxygens (including phenoxy) is 1. The molecule has 0 aromatic carbocycles. The molecule has 2 rings (SSSR count).